The molecule has 0 saturated carbocycles. The Bertz CT molecular complexity index is 360. The molecular weight excluding hydrogens is 240 g/mol. The van der Waals surface area contributed by atoms with Crippen LogP contribution in [0.5, 0.6) is 0 Å². The van der Waals surface area contributed by atoms with Crippen LogP contribution in [0.2, 0.25) is 0 Å². The van der Waals surface area contributed by atoms with Gasteiger partial charge in [-0.15, -0.1) is 0 Å². The second-order valence-corrected chi connectivity index (χ2v) is 5.47. The van der Waals surface area contributed by atoms with Gasteiger partial charge in [0.25, 0.3) is 0 Å². The smallest absolute Gasteiger partial charge is 0.226 e. The molecule has 1 aromatic heterocycles. The molecule has 1 fully saturated rings. The summed E-state index contributed by atoms with van der Waals surface area (Å²) in [7, 11) is 0. The van der Waals surface area contributed by atoms with E-state index in [1.54, 1.807) is 0 Å². The molecule has 2 N–H and O–H groups in total. The summed E-state index contributed by atoms with van der Waals surface area (Å²) in [6, 6.07) is -0.123. The van der Waals surface area contributed by atoms with E-state index < -0.39 is 0 Å². The third kappa shape index (κ3) is 4.58. The summed E-state index contributed by atoms with van der Waals surface area (Å²) in [5.74, 6) is 1.40. The van der Waals surface area contributed by atoms with E-state index >= 15 is 0 Å². The number of nitrogens with two attached hydrogens (primary N) is 1. The second kappa shape index (κ2) is 7.60. The summed E-state index contributed by atoms with van der Waals surface area (Å²) in [4.78, 5) is 6.82. The molecule has 1 unspecified atom stereocenters. The Balaban J connectivity index is 1.79. The molecule has 19 heavy (non-hydrogen) atoms. The minimum absolute atomic E-state index is 0.123. The number of hydrogen-bond acceptors (Lipinski definition) is 5. The Morgan fingerprint density at radius 2 is 2.05 bits per heavy atom. The van der Waals surface area contributed by atoms with Gasteiger partial charge in [-0.3, -0.25) is 0 Å². The molecule has 5 heteroatoms. The molecule has 108 valence electrons. The molecule has 1 aromatic rings. The fraction of sp³-hybridized carbons (Fsp3) is 0.857. The molecule has 1 aliphatic rings. The second-order valence-electron chi connectivity index (χ2n) is 5.47. The van der Waals surface area contributed by atoms with Gasteiger partial charge < -0.3 is 15.2 Å². The maximum Gasteiger partial charge on any atom is 0.226 e. The summed E-state index contributed by atoms with van der Waals surface area (Å²) in [6.45, 7) is 5.32. The first-order valence-corrected chi connectivity index (χ1v) is 7.60. The molecule has 0 aromatic carbocycles. The average Bonchev–Trinajstić information content (AvgIpc) is 2.89. The quantitative estimate of drug-likeness (QED) is 0.767. The van der Waals surface area contributed by atoms with Crippen LogP contribution in [0.15, 0.2) is 4.52 Å². The summed E-state index contributed by atoms with van der Waals surface area (Å²) in [5.41, 5.74) is 6.17. The molecule has 0 radical (unpaired) electrons. The van der Waals surface area contributed by atoms with Crippen molar-refractivity contribution in [3.63, 3.8) is 0 Å². The molecule has 0 aliphatic carbocycles. The predicted octanol–water partition coefficient (Wildman–Crippen LogP) is 2.29. The molecule has 0 amide bonds. The first-order valence-electron chi connectivity index (χ1n) is 7.60. The van der Waals surface area contributed by atoms with Gasteiger partial charge in [0.2, 0.25) is 5.89 Å². The lowest BCUT2D eigenvalue weighted by atomic mass is 10.1. The van der Waals surface area contributed by atoms with Crippen LogP contribution in [0.3, 0.4) is 0 Å². The monoisotopic (exact) mass is 266 g/mol. The van der Waals surface area contributed by atoms with Crippen LogP contribution in [-0.4, -0.2) is 34.7 Å². The van der Waals surface area contributed by atoms with Crippen molar-refractivity contribution in [2.75, 3.05) is 19.6 Å². The minimum Gasteiger partial charge on any atom is -0.339 e. The zero-order valence-corrected chi connectivity index (χ0v) is 12.0. The third-order valence-electron chi connectivity index (χ3n) is 3.71. The zero-order chi connectivity index (χ0) is 13.5. The maximum absolute atomic E-state index is 6.17. The molecule has 0 bridgehead atoms. The van der Waals surface area contributed by atoms with Gasteiger partial charge in [-0.2, -0.15) is 4.98 Å². The van der Waals surface area contributed by atoms with Gasteiger partial charge in [0.1, 0.15) is 0 Å². The molecule has 1 aliphatic heterocycles. The zero-order valence-electron chi connectivity index (χ0n) is 12.0. The molecule has 2 rings (SSSR count). The number of likely N-dealkylation sites (tertiary alicyclic amines) is 1. The van der Waals surface area contributed by atoms with Crippen LogP contribution in [0.4, 0.5) is 0 Å². The van der Waals surface area contributed by atoms with Gasteiger partial charge >= 0.3 is 0 Å². The van der Waals surface area contributed by atoms with Crippen LogP contribution in [-0.2, 0) is 6.42 Å². The number of unbranched alkanes of at least 4 members (excludes halogenated alkanes) is 2. The van der Waals surface area contributed by atoms with E-state index in [4.69, 9.17) is 10.3 Å². The number of rotatable bonds is 7. The summed E-state index contributed by atoms with van der Waals surface area (Å²) in [5, 5.41) is 4.02. The van der Waals surface area contributed by atoms with Gasteiger partial charge in [0.15, 0.2) is 5.82 Å². The Kier molecular flexibility index (Phi) is 5.79. The van der Waals surface area contributed by atoms with Gasteiger partial charge in [-0.25, -0.2) is 0 Å². The van der Waals surface area contributed by atoms with Crippen molar-refractivity contribution in [2.24, 2.45) is 5.73 Å². The maximum atomic E-state index is 6.17. The van der Waals surface area contributed by atoms with Gasteiger partial charge in [-0.05, 0) is 32.4 Å². The lowest BCUT2D eigenvalue weighted by Gasteiger charge is -2.27. The molecule has 1 saturated heterocycles. The molecular formula is C14H26N4O. The Morgan fingerprint density at radius 1 is 1.26 bits per heavy atom. The summed E-state index contributed by atoms with van der Waals surface area (Å²) >= 11 is 0. The van der Waals surface area contributed by atoms with Crippen molar-refractivity contribution in [2.45, 2.75) is 57.9 Å². The molecule has 1 atom stereocenters. The highest BCUT2D eigenvalue weighted by Gasteiger charge is 2.19. The van der Waals surface area contributed by atoms with E-state index in [1.165, 1.54) is 32.1 Å². The predicted molar refractivity (Wildman–Crippen MR) is 74.7 cm³/mol. The Labute approximate surface area is 115 Å². The largest absolute Gasteiger partial charge is 0.339 e. The number of aromatic nitrogens is 2. The van der Waals surface area contributed by atoms with E-state index in [1.807, 2.05) is 0 Å². The standard InChI is InChI=1S/C14H26N4O/c1-2-3-5-8-13-16-14(17-19-13)12(15)11-18-9-6-4-7-10-18/h12H,2-11,15H2,1H3. The van der Waals surface area contributed by atoms with Crippen molar-refractivity contribution >= 4 is 0 Å². The van der Waals surface area contributed by atoms with Gasteiger partial charge in [0.05, 0.1) is 6.04 Å². The normalized spacial score (nSPS) is 18.6. The van der Waals surface area contributed by atoms with Crippen LogP contribution in [0.25, 0.3) is 0 Å². The van der Waals surface area contributed by atoms with Crippen LogP contribution < -0.4 is 5.73 Å². The Hall–Kier alpha value is -0.940. The summed E-state index contributed by atoms with van der Waals surface area (Å²) < 4.78 is 5.26. The number of nitrogens with zero attached hydrogens (tertiary/aromatic N) is 3. The van der Waals surface area contributed by atoms with Crippen LogP contribution >= 0.6 is 0 Å². The highest BCUT2D eigenvalue weighted by molar-refractivity contribution is 4.94. The molecule has 0 spiro atoms. The Morgan fingerprint density at radius 3 is 2.79 bits per heavy atom. The number of aryl methyl sites for hydroxylation is 1. The van der Waals surface area contributed by atoms with E-state index in [0.717, 1.165) is 38.4 Å². The van der Waals surface area contributed by atoms with E-state index in [0.29, 0.717) is 5.82 Å². The minimum atomic E-state index is -0.123. The van der Waals surface area contributed by atoms with Crippen LogP contribution in [0.1, 0.15) is 63.2 Å². The SMILES string of the molecule is CCCCCc1nc(C(N)CN2CCCCC2)no1. The van der Waals surface area contributed by atoms with Gasteiger partial charge in [-0.1, -0.05) is 31.3 Å². The summed E-state index contributed by atoms with van der Waals surface area (Å²) in [6.07, 6.45) is 8.29. The lowest BCUT2D eigenvalue weighted by Crippen LogP contribution is -2.36. The van der Waals surface area contributed by atoms with Crippen LogP contribution in [0, 0.1) is 0 Å². The van der Waals surface area contributed by atoms with E-state index in [-0.39, 0.29) is 6.04 Å². The number of piperidine rings is 1. The van der Waals surface area contributed by atoms with E-state index in [2.05, 4.69) is 22.0 Å². The average molecular weight is 266 g/mol. The van der Waals surface area contributed by atoms with Crippen molar-refractivity contribution in [1.82, 2.24) is 15.0 Å². The van der Waals surface area contributed by atoms with Crippen molar-refractivity contribution in [3.05, 3.63) is 11.7 Å². The number of hydrogen-bond donors (Lipinski definition) is 1. The highest BCUT2D eigenvalue weighted by atomic mass is 16.5. The van der Waals surface area contributed by atoms with Crippen molar-refractivity contribution in [3.8, 4) is 0 Å². The van der Waals surface area contributed by atoms with E-state index in [9.17, 15) is 0 Å². The van der Waals surface area contributed by atoms with Gasteiger partial charge in [0, 0.05) is 13.0 Å². The molecule has 5 nitrogen and oxygen atoms in total. The fourth-order valence-electron chi connectivity index (χ4n) is 2.55. The van der Waals surface area contributed by atoms with Crippen molar-refractivity contribution < 1.29 is 4.52 Å². The van der Waals surface area contributed by atoms with Crippen molar-refractivity contribution in [1.29, 1.82) is 0 Å². The first-order chi connectivity index (χ1) is 9.29. The third-order valence-corrected chi connectivity index (χ3v) is 3.71. The highest BCUT2D eigenvalue weighted by Crippen LogP contribution is 2.14. The fourth-order valence-corrected chi connectivity index (χ4v) is 2.55. The topological polar surface area (TPSA) is 68.2 Å². The lowest BCUT2D eigenvalue weighted by molar-refractivity contribution is 0.213. The first kappa shape index (κ1) is 14.5. The molecule has 2 heterocycles.